The Morgan fingerprint density at radius 3 is 2.87 bits per heavy atom. The van der Waals surface area contributed by atoms with Crippen LogP contribution in [0.5, 0.6) is 0 Å². The molecule has 1 aromatic rings. The van der Waals surface area contributed by atoms with E-state index in [1.807, 2.05) is 6.92 Å². The maximum atomic E-state index is 13.3. The van der Waals surface area contributed by atoms with Crippen LogP contribution in [0.2, 0.25) is 0 Å². The van der Waals surface area contributed by atoms with Gasteiger partial charge < -0.3 is 9.53 Å². The molecule has 1 atom stereocenters. The third kappa shape index (κ3) is 3.13. The number of carbonyl (C=O) groups excluding carboxylic acids is 1. The van der Waals surface area contributed by atoms with Gasteiger partial charge in [-0.1, -0.05) is 19.1 Å². The van der Waals surface area contributed by atoms with Crippen molar-refractivity contribution < 1.29 is 13.9 Å². The van der Waals surface area contributed by atoms with Crippen molar-refractivity contribution in [1.29, 1.82) is 0 Å². The fourth-order valence-electron chi connectivity index (χ4n) is 1.45. The molecule has 2 nitrogen and oxygen atoms in total. The van der Waals surface area contributed by atoms with Crippen molar-refractivity contribution >= 4 is 6.29 Å². The molecule has 0 spiro atoms. The van der Waals surface area contributed by atoms with Gasteiger partial charge in [-0.3, -0.25) is 0 Å². The van der Waals surface area contributed by atoms with Gasteiger partial charge in [0.15, 0.2) is 0 Å². The number of aldehydes is 1. The minimum absolute atomic E-state index is 0.124. The Kier molecular flexibility index (Phi) is 4.43. The molecule has 15 heavy (non-hydrogen) atoms. The molecule has 0 radical (unpaired) electrons. The average Bonchev–Trinajstić information content (AvgIpc) is 2.22. The summed E-state index contributed by atoms with van der Waals surface area (Å²) >= 11 is 0. The van der Waals surface area contributed by atoms with Crippen LogP contribution >= 0.6 is 0 Å². The molecule has 0 fully saturated rings. The Labute approximate surface area is 89.1 Å². The van der Waals surface area contributed by atoms with Gasteiger partial charge in [-0.15, -0.1) is 0 Å². The van der Waals surface area contributed by atoms with Gasteiger partial charge in [0.1, 0.15) is 12.1 Å². The Morgan fingerprint density at radius 1 is 1.53 bits per heavy atom. The highest BCUT2D eigenvalue weighted by Gasteiger charge is 2.08. The van der Waals surface area contributed by atoms with Crippen LogP contribution in [0.15, 0.2) is 18.2 Å². The molecule has 0 bridgehead atoms. The fourth-order valence-corrected chi connectivity index (χ4v) is 1.45. The molecular weight excluding hydrogens is 195 g/mol. The number of ether oxygens (including phenoxy) is 1. The van der Waals surface area contributed by atoms with Crippen molar-refractivity contribution in [2.75, 3.05) is 7.11 Å². The van der Waals surface area contributed by atoms with Crippen LogP contribution in [-0.2, 0) is 16.1 Å². The van der Waals surface area contributed by atoms with Crippen LogP contribution in [-0.4, -0.2) is 13.4 Å². The molecule has 1 unspecified atom stereocenters. The first-order valence-corrected chi connectivity index (χ1v) is 4.90. The zero-order valence-corrected chi connectivity index (χ0v) is 9.00. The van der Waals surface area contributed by atoms with Crippen molar-refractivity contribution in [2.24, 2.45) is 0 Å². The van der Waals surface area contributed by atoms with Crippen LogP contribution in [0.25, 0.3) is 0 Å². The molecule has 0 aliphatic rings. The van der Waals surface area contributed by atoms with Gasteiger partial charge in [0.25, 0.3) is 0 Å². The third-order valence-corrected chi connectivity index (χ3v) is 2.39. The SMILES string of the molecule is COCc1cc(C(C)CC=O)ccc1F. The quantitative estimate of drug-likeness (QED) is 0.698. The molecule has 0 N–H and O–H groups in total. The summed E-state index contributed by atoms with van der Waals surface area (Å²) in [5, 5.41) is 0. The first-order chi connectivity index (χ1) is 7.19. The van der Waals surface area contributed by atoms with Gasteiger partial charge in [0.2, 0.25) is 0 Å². The zero-order chi connectivity index (χ0) is 11.3. The van der Waals surface area contributed by atoms with E-state index in [9.17, 15) is 9.18 Å². The van der Waals surface area contributed by atoms with E-state index in [4.69, 9.17) is 4.74 Å². The summed E-state index contributed by atoms with van der Waals surface area (Å²) in [6.07, 6.45) is 1.34. The Balaban J connectivity index is 2.90. The summed E-state index contributed by atoms with van der Waals surface area (Å²) in [4.78, 5) is 10.4. The molecule has 1 aromatic carbocycles. The highest BCUT2D eigenvalue weighted by atomic mass is 19.1. The lowest BCUT2D eigenvalue weighted by Crippen LogP contribution is -1.99. The van der Waals surface area contributed by atoms with Gasteiger partial charge in [0.05, 0.1) is 6.61 Å². The van der Waals surface area contributed by atoms with Crippen LogP contribution < -0.4 is 0 Å². The van der Waals surface area contributed by atoms with E-state index < -0.39 is 0 Å². The lowest BCUT2D eigenvalue weighted by Gasteiger charge is -2.10. The topological polar surface area (TPSA) is 26.3 Å². The maximum absolute atomic E-state index is 13.3. The zero-order valence-electron chi connectivity index (χ0n) is 9.00. The summed E-state index contributed by atoms with van der Waals surface area (Å²) in [6, 6.07) is 4.89. The molecule has 1 rings (SSSR count). The standard InChI is InChI=1S/C12H15FO2/c1-9(5-6-14)10-3-4-12(13)11(7-10)8-15-2/h3-4,6-7,9H,5,8H2,1-2H3. The fraction of sp³-hybridized carbons (Fsp3) is 0.417. The summed E-state index contributed by atoms with van der Waals surface area (Å²) < 4.78 is 18.2. The van der Waals surface area contributed by atoms with Gasteiger partial charge in [-0.05, 0) is 17.5 Å². The number of methoxy groups -OCH3 is 1. The van der Waals surface area contributed by atoms with Crippen molar-refractivity contribution in [1.82, 2.24) is 0 Å². The Hall–Kier alpha value is -1.22. The van der Waals surface area contributed by atoms with Crippen molar-refractivity contribution in [2.45, 2.75) is 25.9 Å². The largest absolute Gasteiger partial charge is 0.380 e. The van der Waals surface area contributed by atoms with Crippen molar-refractivity contribution in [3.63, 3.8) is 0 Å². The molecule has 0 aliphatic heterocycles. The second-order valence-corrected chi connectivity index (χ2v) is 3.59. The minimum Gasteiger partial charge on any atom is -0.380 e. The van der Waals surface area contributed by atoms with E-state index in [0.717, 1.165) is 11.8 Å². The predicted molar refractivity (Wildman–Crippen MR) is 56.2 cm³/mol. The van der Waals surface area contributed by atoms with E-state index in [0.29, 0.717) is 12.0 Å². The van der Waals surface area contributed by atoms with Crippen LogP contribution in [0.1, 0.15) is 30.4 Å². The Bertz CT molecular complexity index is 336. The van der Waals surface area contributed by atoms with Crippen LogP contribution in [0.3, 0.4) is 0 Å². The van der Waals surface area contributed by atoms with Crippen LogP contribution in [0.4, 0.5) is 4.39 Å². The third-order valence-electron chi connectivity index (χ3n) is 2.39. The molecule has 0 saturated heterocycles. The lowest BCUT2D eigenvalue weighted by molar-refractivity contribution is -0.108. The van der Waals surface area contributed by atoms with E-state index >= 15 is 0 Å². The molecule has 0 aliphatic carbocycles. The van der Waals surface area contributed by atoms with Gasteiger partial charge in [0, 0.05) is 19.1 Å². The van der Waals surface area contributed by atoms with Gasteiger partial charge in [-0.25, -0.2) is 4.39 Å². The summed E-state index contributed by atoms with van der Waals surface area (Å²) in [5.41, 5.74) is 1.50. The minimum atomic E-state index is -0.265. The summed E-state index contributed by atoms with van der Waals surface area (Å²) in [6.45, 7) is 2.20. The molecule has 0 aromatic heterocycles. The first-order valence-electron chi connectivity index (χ1n) is 4.90. The Morgan fingerprint density at radius 2 is 2.27 bits per heavy atom. The van der Waals surface area contributed by atoms with Gasteiger partial charge in [-0.2, -0.15) is 0 Å². The number of rotatable bonds is 5. The van der Waals surface area contributed by atoms with E-state index in [1.165, 1.54) is 13.2 Å². The van der Waals surface area contributed by atoms with Crippen molar-refractivity contribution in [3.8, 4) is 0 Å². The maximum Gasteiger partial charge on any atom is 0.128 e. The molecular formula is C12H15FO2. The highest BCUT2D eigenvalue weighted by molar-refractivity contribution is 5.51. The number of benzene rings is 1. The van der Waals surface area contributed by atoms with E-state index in [-0.39, 0.29) is 18.3 Å². The second-order valence-electron chi connectivity index (χ2n) is 3.59. The predicted octanol–water partition coefficient (Wildman–Crippen LogP) is 2.66. The molecule has 0 heterocycles. The molecule has 0 saturated carbocycles. The smallest absolute Gasteiger partial charge is 0.128 e. The molecule has 3 heteroatoms. The number of carbonyl (C=O) groups is 1. The average molecular weight is 210 g/mol. The molecule has 82 valence electrons. The number of hydrogen-bond acceptors (Lipinski definition) is 2. The first kappa shape index (κ1) is 11.9. The van der Waals surface area contributed by atoms with Gasteiger partial charge >= 0.3 is 0 Å². The van der Waals surface area contributed by atoms with Crippen molar-refractivity contribution in [3.05, 3.63) is 35.1 Å². The highest BCUT2D eigenvalue weighted by Crippen LogP contribution is 2.21. The number of halogens is 1. The van der Waals surface area contributed by atoms with E-state index in [2.05, 4.69) is 0 Å². The monoisotopic (exact) mass is 210 g/mol. The lowest BCUT2D eigenvalue weighted by atomic mass is 9.96. The normalized spacial score (nSPS) is 12.5. The summed E-state index contributed by atoms with van der Waals surface area (Å²) in [5.74, 6) is -0.141. The number of hydrogen-bond donors (Lipinski definition) is 0. The second kappa shape index (κ2) is 5.61. The summed E-state index contributed by atoms with van der Waals surface area (Å²) in [7, 11) is 1.53. The van der Waals surface area contributed by atoms with Crippen LogP contribution in [0, 0.1) is 5.82 Å². The van der Waals surface area contributed by atoms with E-state index in [1.54, 1.807) is 12.1 Å². The molecule has 0 amide bonds.